The van der Waals surface area contributed by atoms with Crippen molar-refractivity contribution in [3.8, 4) is 0 Å². The fourth-order valence-corrected chi connectivity index (χ4v) is 3.67. The van der Waals surface area contributed by atoms with Gasteiger partial charge < -0.3 is 16.0 Å². The maximum absolute atomic E-state index is 13.0. The molecule has 1 fully saturated rings. The zero-order chi connectivity index (χ0) is 19.2. The number of carbonyl (C=O) groups is 2. The van der Waals surface area contributed by atoms with Crippen LogP contribution >= 0.6 is 0 Å². The molecule has 2 aromatic carbocycles. The van der Waals surface area contributed by atoms with Crippen LogP contribution in [0.5, 0.6) is 0 Å². The van der Waals surface area contributed by atoms with Gasteiger partial charge in [-0.1, -0.05) is 43.3 Å². The van der Waals surface area contributed by atoms with Gasteiger partial charge in [0.05, 0.1) is 0 Å². The number of carbonyl (C=O) groups excluding carboxylic acids is 2. The highest BCUT2D eigenvalue weighted by Crippen LogP contribution is 2.32. The molecule has 0 aliphatic carbocycles. The Hall–Kier alpha value is -2.66. The highest BCUT2D eigenvalue weighted by Gasteiger charge is 2.35. The zero-order valence-electron chi connectivity index (χ0n) is 15.7. The van der Waals surface area contributed by atoms with E-state index in [1.165, 1.54) is 5.56 Å². The Morgan fingerprint density at radius 2 is 1.81 bits per heavy atom. The Morgan fingerprint density at radius 3 is 2.52 bits per heavy atom. The summed E-state index contributed by atoms with van der Waals surface area (Å²) >= 11 is 0. The third-order valence-electron chi connectivity index (χ3n) is 5.17. The molecule has 3 N–H and O–H groups in total. The van der Waals surface area contributed by atoms with Crippen molar-refractivity contribution in [2.24, 2.45) is 11.7 Å². The first-order valence-corrected chi connectivity index (χ1v) is 9.56. The van der Waals surface area contributed by atoms with Crippen molar-refractivity contribution in [3.05, 3.63) is 71.3 Å². The Kier molecular flexibility index (Phi) is 6.24. The number of nitrogens with two attached hydrogens (primary N) is 1. The van der Waals surface area contributed by atoms with Crippen molar-refractivity contribution in [2.75, 3.05) is 26.2 Å². The molecule has 1 aliphatic heterocycles. The molecule has 1 aliphatic rings. The summed E-state index contributed by atoms with van der Waals surface area (Å²) in [6.45, 7) is 4.46. The largest absolute Gasteiger partial charge is 0.352 e. The van der Waals surface area contributed by atoms with Gasteiger partial charge in [0, 0.05) is 36.7 Å². The summed E-state index contributed by atoms with van der Waals surface area (Å²) in [5.74, 6) is 0.301. The van der Waals surface area contributed by atoms with Crippen LogP contribution in [0, 0.1) is 5.92 Å². The van der Waals surface area contributed by atoms with Crippen molar-refractivity contribution < 1.29 is 9.59 Å². The van der Waals surface area contributed by atoms with Crippen LogP contribution in [0.3, 0.4) is 0 Å². The Bertz CT molecular complexity index is 791. The van der Waals surface area contributed by atoms with Crippen LogP contribution in [0.2, 0.25) is 0 Å². The number of hydrogen-bond acceptors (Lipinski definition) is 3. The molecule has 0 saturated carbocycles. The average Bonchev–Trinajstić information content (AvgIpc) is 3.16. The monoisotopic (exact) mass is 365 g/mol. The second-order valence-corrected chi connectivity index (χ2v) is 7.06. The van der Waals surface area contributed by atoms with Gasteiger partial charge in [0.1, 0.15) is 0 Å². The lowest BCUT2D eigenvalue weighted by atomic mass is 9.89. The first-order chi connectivity index (χ1) is 13.1. The summed E-state index contributed by atoms with van der Waals surface area (Å²) in [5.41, 5.74) is 8.26. The fourth-order valence-electron chi connectivity index (χ4n) is 3.67. The van der Waals surface area contributed by atoms with E-state index in [4.69, 9.17) is 5.73 Å². The van der Waals surface area contributed by atoms with E-state index in [0.29, 0.717) is 37.3 Å². The molecular weight excluding hydrogens is 338 g/mol. The van der Waals surface area contributed by atoms with Crippen LogP contribution in [-0.2, 0) is 0 Å². The molecule has 2 amide bonds. The van der Waals surface area contributed by atoms with Crippen LogP contribution < -0.4 is 11.1 Å². The standard InChI is InChI=1S/C22H27N3O2/c1-2-11-24-21(26)17-9-6-10-18(12-17)22(27)25-14-19(13-23)20(15-25)16-7-4-3-5-8-16/h3-10,12,19-20H,2,11,13-15,23H2,1H3,(H,24,26)/t19-,20+/m1/s1. The second-order valence-electron chi connectivity index (χ2n) is 7.06. The minimum Gasteiger partial charge on any atom is -0.352 e. The first-order valence-electron chi connectivity index (χ1n) is 9.56. The number of benzene rings is 2. The smallest absolute Gasteiger partial charge is 0.253 e. The van der Waals surface area contributed by atoms with Crippen molar-refractivity contribution in [3.63, 3.8) is 0 Å². The molecule has 1 saturated heterocycles. The van der Waals surface area contributed by atoms with Gasteiger partial charge in [0.25, 0.3) is 11.8 Å². The molecule has 0 unspecified atom stereocenters. The van der Waals surface area contributed by atoms with Gasteiger partial charge >= 0.3 is 0 Å². The summed E-state index contributed by atoms with van der Waals surface area (Å²) in [6, 6.07) is 17.2. The van der Waals surface area contributed by atoms with Gasteiger partial charge in [0.15, 0.2) is 0 Å². The lowest BCUT2D eigenvalue weighted by Crippen LogP contribution is -2.30. The van der Waals surface area contributed by atoms with E-state index >= 15 is 0 Å². The van der Waals surface area contributed by atoms with E-state index in [2.05, 4.69) is 17.4 Å². The van der Waals surface area contributed by atoms with Crippen LogP contribution in [0.4, 0.5) is 0 Å². The quantitative estimate of drug-likeness (QED) is 0.826. The van der Waals surface area contributed by atoms with E-state index in [-0.39, 0.29) is 23.7 Å². The van der Waals surface area contributed by atoms with Gasteiger partial charge in [-0.25, -0.2) is 0 Å². The summed E-state index contributed by atoms with van der Waals surface area (Å²) in [6.07, 6.45) is 0.874. The average molecular weight is 365 g/mol. The topological polar surface area (TPSA) is 75.4 Å². The van der Waals surface area contributed by atoms with E-state index in [0.717, 1.165) is 6.42 Å². The zero-order valence-corrected chi connectivity index (χ0v) is 15.7. The van der Waals surface area contributed by atoms with E-state index < -0.39 is 0 Å². The van der Waals surface area contributed by atoms with E-state index in [9.17, 15) is 9.59 Å². The SMILES string of the molecule is CCCNC(=O)c1cccc(C(=O)N2C[C@@H](CN)[C@H](c3ccccc3)C2)c1. The van der Waals surface area contributed by atoms with Gasteiger partial charge in [0.2, 0.25) is 0 Å². The molecule has 0 radical (unpaired) electrons. The third kappa shape index (κ3) is 4.37. The molecule has 0 bridgehead atoms. The number of nitrogens with one attached hydrogen (secondary N) is 1. The number of nitrogens with zero attached hydrogens (tertiary/aromatic N) is 1. The summed E-state index contributed by atoms with van der Waals surface area (Å²) in [5, 5.41) is 2.85. The van der Waals surface area contributed by atoms with Gasteiger partial charge in [-0.05, 0) is 42.6 Å². The predicted molar refractivity (Wildman–Crippen MR) is 107 cm³/mol. The van der Waals surface area contributed by atoms with Gasteiger partial charge in [-0.2, -0.15) is 0 Å². The summed E-state index contributed by atoms with van der Waals surface area (Å²) < 4.78 is 0. The molecular formula is C22H27N3O2. The molecule has 3 rings (SSSR count). The molecule has 2 aromatic rings. The molecule has 1 heterocycles. The van der Waals surface area contributed by atoms with Crippen molar-refractivity contribution in [2.45, 2.75) is 19.3 Å². The van der Waals surface area contributed by atoms with Crippen LogP contribution in [-0.4, -0.2) is 42.9 Å². The summed E-state index contributed by atoms with van der Waals surface area (Å²) in [7, 11) is 0. The minimum atomic E-state index is -0.144. The molecule has 5 heteroatoms. The Morgan fingerprint density at radius 1 is 1.07 bits per heavy atom. The van der Waals surface area contributed by atoms with Gasteiger partial charge in [-0.15, -0.1) is 0 Å². The van der Waals surface area contributed by atoms with Gasteiger partial charge in [-0.3, -0.25) is 9.59 Å². The first kappa shape index (κ1) is 19.1. The minimum absolute atomic E-state index is 0.0444. The predicted octanol–water partition coefficient (Wildman–Crippen LogP) is 2.64. The van der Waals surface area contributed by atoms with Crippen LogP contribution in [0.25, 0.3) is 0 Å². The highest BCUT2D eigenvalue weighted by atomic mass is 16.2. The molecule has 0 aromatic heterocycles. The molecule has 2 atom stereocenters. The molecule has 142 valence electrons. The fraction of sp³-hybridized carbons (Fsp3) is 0.364. The van der Waals surface area contributed by atoms with E-state index in [1.54, 1.807) is 24.3 Å². The Labute approximate surface area is 160 Å². The number of hydrogen-bond donors (Lipinski definition) is 2. The van der Waals surface area contributed by atoms with Crippen molar-refractivity contribution in [1.82, 2.24) is 10.2 Å². The maximum Gasteiger partial charge on any atom is 0.253 e. The second kappa shape index (κ2) is 8.82. The molecule has 0 spiro atoms. The normalized spacial score (nSPS) is 19.1. The maximum atomic E-state index is 13.0. The third-order valence-corrected chi connectivity index (χ3v) is 5.17. The lowest BCUT2D eigenvalue weighted by molar-refractivity contribution is 0.0786. The van der Waals surface area contributed by atoms with Crippen LogP contribution in [0.15, 0.2) is 54.6 Å². The van der Waals surface area contributed by atoms with Crippen LogP contribution in [0.1, 0.15) is 45.5 Å². The number of rotatable bonds is 6. The molecule has 5 nitrogen and oxygen atoms in total. The molecule has 27 heavy (non-hydrogen) atoms. The van der Waals surface area contributed by atoms with Crippen molar-refractivity contribution in [1.29, 1.82) is 0 Å². The number of likely N-dealkylation sites (tertiary alicyclic amines) is 1. The highest BCUT2D eigenvalue weighted by molar-refractivity contribution is 5.99. The summed E-state index contributed by atoms with van der Waals surface area (Å²) in [4.78, 5) is 27.1. The lowest BCUT2D eigenvalue weighted by Gasteiger charge is -2.17. The van der Waals surface area contributed by atoms with Crippen molar-refractivity contribution >= 4 is 11.8 Å². The Balaban J connectivity index is 1.75. The van der Waals surface area contributed by atoms with E-state index in [1.807, 2.05) is 30.0 Å². The number of amides is 2.